The molecule has 0 aliphatic carbocycles. The molecule has 0 fully saturated rings. The van der Waals surface area contributed by atoms with E-state index >= 15 is 0 Å². The van der Waals surface area contributed by atoms with Crippen molar-refractivity contribution in [3.05, 3.63) is 29.8 Å². The third-order valence-corrected chi connectivity index (χ3v) is 4.21. The molecule has 0 aromatic heterocycles. The summed E-state index contributed by atoms with van der Waals surface area (Å²) in [5, 5.41) is 3.39. The van der Waals surface area contributed by atoms with Crippen LogP contribution in [0.5, 0.6) is 0 Å². The Morgan fingerprint density at radius 2 is 2.27 bits per heavy atom. The third-order valence-electron chi connectivity index (χ3n) is 2.95. The van der Waals surface area contributed by atoms with Gasteiger partial charge in [0.25, 0.3) is 0 Å². The van der Waals surface area contributed by atoms with Crippen molar-refractivity contribution >= 4 is 11.8 Å². The van der Waals surface area contributed by atoms with Crippen LogP contribution in [0.3, 0.4) is 0 Å². The highest BCUT2D eigenvalue weighted by molar-refractivity contribution is 7.99. The maximum Gasteiger partial charge on any atom is 0.0107 e. The SMILES string of the molecule is CCNCCCC1CSc2ccccc21. The minimum absolute atomic E-state index is 0.796. The molecule has 0 saturated carbocycles. The monoisotopic (exact) mass is 221 g/mol. The third kappa shape index (κ3) is 2.76. The molecule has 0 spiro atoms. The summed E-state index contributed by atoms with van der Waals surface area (Å²) in [5.41, 5.74) is 1.58. The summed E-state index contributed by atoms with van der Waals surface area (Å²) in [6, 6.07) is 8.87. The molecule has 82 valence electrons. The topological polar surface area (TPSA) is 12.0 Å². The van der Waals surface area contributed by atoms with Crippen LogP contribution < -0.4 is 5.32 Å². The van der Waals surface area contributed by atoms with E-state index < -0.39 is 0 Å². The molecule has 1 aromatic carbocycles. The Hall–Kier alpha value is -0.470. The zero-order valence-electron chi connectivity index (χ0n) is 9.33. The van der Waals surface area contributed by atoms with E-state index in [9.17, 15) is 0 Å². The second kappa shape index (κ2) is 5.57. The number of thioether (sulfide) groups is 1. The molecule has 0 saturated heterocycles. The minimum Gasteiger partial charge on any atom is -0.317 e. The van der Waals surface area contributed by atoms with Crippen molar-refractivity contribution in [1.82, 2.24) is 5.32 Å². The van der Waals surface area contributed by atoms with Crippen molar-refractivity contribution in [1.29, 1.82) is 0 Å². The van der Waals surface area contributed by atoms with E-state index in [1.165, 1.54) is 30.0 Å². The first-order chi connectivity index (χ1) is 7.42. The second-order valence-electron chi connectivity index (χ2n) is 4.04. The molecule has 1 heterocycles. The molecular weight excluding hydrogens is 202 g/mol. The summed E-state index contributed by atoms with van der Waals surface area (Å²) in [4.78, 5) is 1.51. The van der Waals surface area contributed by atoms with Crippen molar-refractivity contribution < 1.29 is 0 Å². The van der Waals surface area contributed by atoms with Gasteiger partial charge in [-0.1, -0.05) is 25.1 Å². The van der Waals surface area contributed by atoms with Crippen LogP contribution in [-0.2, 0) is 0 Å². The van der Waals surface area contributed by atoms with E-state index in [2.05, 4.69) is 36.5 Å². The predicted molar refractivity (Wildman–Crippen MR) is 67.7 cm³/mol. The predicted octanol–water partition coefficient (Wildman–Crippen LogP) is 3.27. The first-order valence-corrected chi connectivity index (χ1v) is 6.83. The number of hydrogen-bond donors (Lipinski definition) is 1. The highest BCUT2D eigenvalue weighted by Crippen LogP contribution is 2.41. The summed E-state index contributed by atoms with van der Waals surface area (Å²) in [5.74, 6) is 2.08. The van der Waals surface area contributed by atoms with Crippen LogP contribution in [-0.4, -0.2) is 18.8 Å². The van der Waals surface area contributed by atoms with Gasteiger partial charge in [0, 0.05) is 10.6 Å². The lowest BCUT2D eigenvalue weighted by molar-refractivity contribution is 0.594. The molecule has 1 unspecified atom stereocenters. The zero-order valence-corrected chi connectivity index (χ0v) is 10.1. The summed E-state index contributed by atoms with van der Waals surface area (Å²) in [6.07, 6.45) is 2.63. The average molecular weight is 221 g/mol. The second-order valence-corrected chi connectivity index (χ2v) is 5.10. The Bertz CT molecular complexity index is 311. The Morgan fingerprint density at radius 1 is 1.40 bits per heavy atom. The first kappa shape index (κ1) is 11.0. The summed E-state index contributed by atoms with van der Waals surface area (Å²) in [7, 11) is 0. The lowest BCUT2D eigenvalue weighted by Gasteiger charge is -2.10. The van der Waals surface area contributed by atoms with Crippen molar-refractivity contribution in [3.8, 4) is 0 Å². The Labute approximate surface area is 96.7 Å². The van der Waals surface area contributed by atoms with Crippen molar-refractivity contribution in [2.45, 2.75) is 30.6 Å². The molecule has 1 aliphatic rings. The number of rotatable bonds is 5. The van der Waals surface area contributed by atoms with Gasteiger partial charge in [-0.25, -0.2) is 0 Å². The lowest BCUT2D eigenvalue weighted by Crippen LogP contribution is -2.14. The van der Waals surface area contributed by atoms with Crippen molar-refractivity contribution in [3.63, 3.8) is 0 Å². The van der Waals surface area contributed by atoms with Gasteiger partial charge in [0.1, 0.15) is 0 Å². The van der Waals surface area contributed by atoms with Gasteiger partial charge in [-0.3, -0.25) is 0 Å². The maximum atomic E-state index is 3.39. The van der Waals surface area contributed by atoms with Crippen LogP contribution in [0, 0.1) is 0 Å². The van der Waals surface area contributed by atoms with Gasteiger partial charge in [-0.15, -0.1) is 11.8 Å². The zero-order chi connectivity index (χ0) is 10.5. The van der Waals surface area contributed by atoms with Gasteiger partial charge >= 0.3 is 0 Å². The number of benzene rings is 1. The Kier molecular flexibility index (Phi) is 4.09. The van der Waals surface area contributed by atoms with Gasteiger partial charge in [-0.2, -0.15) is 0 Å². The fraction of sp³-hybridized carbons (Fsp3) is 0.538. The first-order valence-electron chi connectivity index (χ1n) is 5.84. The van der Waals surface area contributed by atoms with Crippen LogP contribution in [0.25, 0.3) is 0 Å². The molecule has 0 radical (unpaired) electrons. The van der Waals surface area contributed by atoms with Gasteiger partial charge in [0.15, 0.2) is 0 Å². The van der Waals surface area contributed by atoms with Crippen LogP contribution in [0.4, 0.5) is 0 Å². The van der Waals surface area contributed by atoms with Crippen LogP contribution in [0.1, 0.15) is 31.2 Å². The van der Waals surface area contributed by atoms with E-state index in [0.29, 0.717) is 0 Å². The van der Waals surface area contributed by atoms with E-state index in [1.807, 2.05) is 11.8 Å². The summed E-state index contributed by atoms with van der Waals surface area (Å²) < 4.78 is 0. The van der Waals surface area contributed by atoms with E-state index in [4.69, 9.17) is 0 Å². The van der Waals surface area contributed by atoms with E-state index in [0.717, 1.165) is 12.5 Å². The standard InChI is InChI=1S/C13H19NS/c1-2-14-9-5-6-11-10-15-13-8-4-3-7-12(11)13/h3-4,7-8,11,14H,2,5-6,9-10H2,1H3. The smallest absolute Gasteiger partial charge is 0.0107 e. The lowest BCUT2D eigenvalue weighted by atomic mass is 9.96. The Morgan fingerprint density at radius 3 is 3.13 bits per heavy atom. The van der Waals surface area contributed by atoms with Gasteiger partial charge in [0.2, 0.25) is 0 Å². The molecule has 0 bridgehead atoms. The molecular formula is C13H19NS. The van der Waals surface area contributed by atoms with Crippen molar-refractivity contribution in [2.24, 2.45) is 0 Å². The summed E-state index contributed by atoms with van der Waals surface area (Å²) >= 11 is 2.02. The van der Waals surface area contributed by atoms with E-state index in [-0.39, 0.29) is 0 Å². The quantitative estimate of drug-likeness (QED) is 0.766. The highest BCUT2D eigenvalue weighted by atomic mass is 32.2. The van der Waals surface area contributed by atoms with Crippen molar-refractivity contribution in [2.75, 3.05) is 18.8 Å². The van der Waals surface area contributed by atoms with Crippen LogP contribution in [0.15, 0.2) is 29.2 Å². The summed E-state index contributed by atoms with van der Waals surface area (Å²) in [6.45, 7) is 4.43. The van der Waals surface area contributed by atoms with Gasteiger partial charge in [-0.05, 0) is 43.5 Å². The molecule has 2 rings (SSSR count). The highest BCUT2D eigenvalue weighted by Gasteiger charge is 2.21. The molecule has 2 heteroatoms. The maximum absolute atomic E-state index is 3.39. The Balaban J connectivity index is 1.85. The van der Waals surface area contributed by atoms with Gasteiger partial charge < -0.3 is 5.32 Å². The molecule has 1 atom stereocenters. The minimum atomic E-state index is 0.796. The number of fused-ring (bicyclic) bond motifs is 1. The molecule has 15 heavy (non-hydrogen) atoms. The van der Waals surface area contributed by atoms with Crippen LogP contribution >= 0.6 is 11.8 Å². The van der Waals surface area contributed by atoms with Gasteiger partial charge in [0.05, 0.1) is 0 Å². The number of hydrogen-bond acceptors (Lipinski definition) is 2. The fourth-order valence-corrected chi connectivity index (χ4v) is 3.42. The van der Waals surface area contributed by atoms with E-state index in [1.54, 1.807) is 5.56 Å². The molecule has 1 aromatic rings. The van der Waals surface area contributed by atoms with Crippen LogP contribution in [0.2, 0.25) is 0 Å². The normalized spacial score (nSPS) is 19.1. The largest absolute Gasteiger partial charge is 0.317 e. The molecule has 1 N–H and O–H groups in total. The number of nitrogens with one attached hydrogen (secondary N) is 1. The fourth-order valence-electron chi connectivity index (χ4n) is 2.12. The average Bonchev–Trinajstić information content (AvgIpc) is 2.68. The molecule has 1 aliphatic heterocycles. The molecule has 1 nitrogen and oxygen atoms in total. The molecule has 0 amide bonds.